The maximum Gasteiger partial charge on any atom is 0.163 e. The van der Waals surface area contributed by atoms with Crippen molar-refractivity contribution in [3.63, 3.8) is 0 Å². The van der Waals surface area contributed by atoms with E-state index < -0.39 is 0 Å². The average molecular weight is 308 g/mol. The lowest BCUT2D eigenvalue weighted by molar-refractivity contribution is 0.120. The van der Waals surface area contributed by atoms with Crippen molar-refractivity contribution in [3.8, 4) is 11.4 Å². The first kappa shape index (κ1) is 14.2. The molecule has 2 N–H and O–H groups in total. The lowest BCUT2D eigenvalue weighted by Crippen LogP contribution is -2.19. The molecule has 1 saturated heterocycles. The van der Waals surface area contributed by atoms with Crippen LogP contribution in [0.1, 0.15) is 18.5 Å². The molecule has 1 aliphatic heterocycles. The fourth-order valence-corrected chi connectivity index (χ4v) is 3.01. The van der Waals surface area contributed by atoms with Crippen molar-refractivity contribution in [2.24, 2.45) is 0 Å². The van der Waals surface area contributed by atoms with E-state index in [0.29, 0.717) is 0 Å². The molecule has 5 heteroatoms. The van der Waals surface area contributed by atoms with Gasteiger partial charge in [-0.05, 0) is 25.8 Å². The number of nitrogens with zero attached hydrogens (tertiary/aromatic N) is 2. The summed E-state index contributed by atoms with van der Waals surface area (Å²) < 4.78 is 5.69. The number of hydrogen-bond donors (Lipinski definition) is 2. The van der Waals surface area contributed by atoms with Crippen LogP contribution < -0.4 is 5.32 Å². The molecule has 23 heavy (non-hydrogen) atoms. The van der Waals surface area contributed by atoms with Gasteiger partial charge in [0.1, 0.15) is 11.5 Å². The summed E-state index contributed by atoms with van der Waals surface area (Å²) in [6, 6.07) is 12.1. The summed E-state index contributed by atoms with van der Waals surface area (Å²) in [5.74, 6) is 1.60. The van der Waals surface area contributed by atoms with Gasteiger partial charge in [-0.2, -0.15) is 0 Å². The highest BCUT2D eigenvalue weighted by Gasteiger charge is 2.17. The van der Waals surface area contributed by atoms with Crippen LogP contribution in [0, 0.1) is 6.92 Å². The van der Waals surface area contributed by atoms with Gasteiger partial charge in [-0.25, -0.2) is 9.97 Å². The highest BCUT2D eigenvalue weighted by molar-refractivity contribution is 5.89. The number of anilines is 1. The molecule has 1 atom stereocenters. The van der Waals surface area contributed by atoms with E-state index in [0.717, 1.165) is 59.9 Å². The quantitative estimate of drug-likeness (QED) is 0.774. The van der Waals surface area contributed by atoms with E-state index in [-0.39, 0.29) is 6.10 Å². The Labute approximate surface area is 135 Å². The van der Waals surface area contributed by atoms with E-state index in [9.17, 15) is 0 Å². The summed E-state index contributed by atoms with van der Waals surface area (Å²) in [6.45, 7) is 3.68. The molecule has 0 bridgehead atoms. The third-order valence-corrected chi connectivity index (χ3v) is 4.18. The molecular weight excluding hydrogens is 288 g/mol. The fraction of sp³-hybridized carbons (Fsp3) is 0.333. The Morgan fingerprint density at radius 3 is 2.91 bits per heavy atom. The first-order valence-corrected chi connectivity index (χ1v) is 8.08. The molecule has 5 nitrogen and oxygen atoms in total. The molecule has 0 spiro atoms. The van der Waals surface area contributed by atoms with Crippen LogP contribution in [0.15, 0.2) is 36.4 Å². The van der Waals surface area contributed by atoms with Crippen LogP contribution in [-0.2, 0) is 4.74 Å². The van der Waals surface area contributed by atoms with Crippen LogP contribution in [0.5, 0.6) is 0 Å². The van der Waals surface area contributed by atoms with Gasteiger partial charge in [0.2, 0.25) is 0 Å². The Morgan fingerprint density at radius 2 is 2.13 bits per heavy atom. The second-order valence-corrected chi connectivity index (χ2v) is 5.99. The minimum absolute atomic E-state index is 0.278. The Hall–Kier alpha value is -2.40. The summed E-state index contributed by atoms with van der Waals surface area (Å²) in [7, 11) is 0. The molecule has 1 aromatic carbocycles. The standard InChI is InChI=1S/C18H20N4O/c1-12-10-15-17(19-11-14-8-5-9-23-14)21-16(22-18(15)20-12)13-6-3-2-4-7-13/h2-4,6-7,10,14H,5,8-9,11H2,1H3,(H2,19,20,21,22). The van der Waals surface area contributed by atoms with E-state index in [2.05, 4.69) is 21.4 Å². The van der Waals surface area contributed by atoms with Crippen molar-refractivity contribution in [2.45, 2.75) is 25.9 Å². The molecule has 0 amide bonds. The second kappa shape index (κ2) is 6.01. The van der Waals surface area contributed by atoms with Crippen LogP contribution in [0.2, 0.25) is 0 Å². The maximum atomic E-state index is 5.69. The predicted molar refractivity (Wildman–Crippen MR) is 91.5 cm³/mol. The van der Waals surface area contributed by atoms with Crippen molar-refractivity contribution in [3.05, 3.63) is 42.1 Å². The lowest BCUT2D eigenvalue weighted by atomic mass is 10.2. The minimum Gasteiger partial charge on any atom is -0.376 e. The van der Waals surface area contributed by atoms with Crippen LogP contribution in [-0.4, -0.2) is 34.2 Å². The molecule has 4 rings (SSSR count). The van der Waals surface area contributed by atoms with Crippen LogP contribution in [0.25, 0.3) is 22.4 Å². The zero-order valence-corrected chi connectivity index (χ0v) is 13.2. The Kier molecular flexibility index (Phi) is 3.71. The van der Waals surface area contributed by atoms with Crippen molar-refractivity contribution in [1.29, 1.82) is 0 Å². The lowest BCUT2D eigenvalue weighted by Gasteiger charge is -2.13. The molecule has 2 aromatic heterocycles. The fourth-order valence-electron chi connectivity index (χ4n) is 3.01. The summed E-state index contributed by atoms with van der Waals surface area (Å²) in [4.78, 5) is 12.7. The summed E-state index contributed by atoms with van der Waals surface area (Å²) in [6.07, 6.45) is 2.53. The first-order chi connectivity index (χ1) is 11.3. The molecule has 3 aromatic rings. The predicted octanol–water partition coefficient (Wildman–Crippen LogP) is 3.52. The van der Waals surface area contributed by atoms with Crippen molar-refractivity contribution < 1.29 is 4.74 Å². The number of fused-ring (bicyclic) bond motifs is 1. The van der Waals surface area contributed by atoms with Gasteiger partial charge >= 0.3 is 0 Å². The van der Waals surface area contributed by atoms with Gasteiger partial charge < -0.3 is 15.0 Å². The number of aryl methyl sites for hydroxylation is 1. The summed E-state index contributed by atoms with van der Waals surface area (Å²) >= 11 is 0. The number of H-pyrrole nitrogens is 1. The van der Waals surface area contributed by atoms with Gasteiger partial charge in [0.15, 0.2) is 5.82 Å². The zero-order valence-electron chi connectivity index (χ0n) is 13.2. The topological polar surface area (TPSA) is 62.8 Å². The second-order valence-electron chi connectivity index (χ2n) is 5.99. The number of nitrogens with one attached hydrogen (secondary N) is 2. The molecule has 1 unspecified atom stereocenters. The van der Waals surface area contributed by atoms with E-state index in [1.807, 2.05) is 37.3 Å². The Bertz CT molecular complexity index is 807. The molecule has 0 aliphatic carbocycles. The third kappa shape index (κ3) is 2.92. The van der Waals surface area contributed by atoms with Crippen LogP contribution in [0.4, 0.5) is 5.82 Å². The average Bonchev–Trinajstić information content (AvgIpc) is 3.21. The molecule has 1 aliphatic rings. The highest BCUT2D eigenvalue weighted by Crippen LogP contribution is 2.26. The highest BCUT2D eigenvalue weighted by atomic mass is 16.5. The Balaban J connectivity index is 1.71. The van der Waals surface area contributed by atoms with Gasteiger partial charge in [-0.15, -0.1) is 0 Å². The smallest absolute Gasteiger partial charge is 0.163 e. The van der Waals surface area contributed by atoms with E-state index in [1.54, 1.807) is 0 Å². The first-order valence-electron chi connectivity index (χ1n) is 8.08. The largest absolute Gasteiger partial charge is 0.376 e. The van der Waals surface area contributed by atoms with Gasteiger partial charge in [-0.1, -0.05) is 30.3 Å². The number of hydrogen-bond acceptors (Lipinski definition) is 4. The molecule has 3 heterocycles. The number of aromatic nitrogens is 3. The van der Waals surface area contributed by atoms with Gasteiger partial charge in [0.25, 0.3) is 0 Å². The monoisotopic (exact) mass is 308 g/mol. The van der Waals surface area contributed by atoms with Gasteiger partial charge in [0.05, 0.1) is 11.5 Å². The van der Waals surface area contributed by atoms with Gasteiger partial charge in [0, 0.05) is 24.4 Å². The van der Waals surface area contributed by atoms with E-state index in [4.69, 9.17) is 9.72 Å². The van der Waals surface area contributed by atoms with Crippen LogP contribution >= 0.6 is 0 Å². The minimum atomic E-state index is 0.278. The molecular formula is C18H20N4O. The molecule has 0 radical (unpaired) electrons. The number of benzene rings is 1. The number of rotatable bonds is 4. The normalized spacial score (nSPS) is 17.7. The number of aromatic amines is 1. The summed E-state index contributed by atoms with van der Waals surface area (Å²) in [5, 5.41) is 4.48. The molecule has 0 saturated carbocycles. The van der Waals surface area contributed by atoms with Crippen LogP contribution in [0.3, 0.4) is 0 Å². The zero-order chi connectivity index (χ0) is 15.6. The summed E-state index contributed by atoms with van der Waals surface area (Å²) in [5.41, 5.74) is 2.97. The maximum absolute atomic E-state index is 5.69. The van der Waals surface area contributed by atoms with Crippen molar-refractivity contribution >= 4 is 16.9 Å². The van der Waals surface area contributed by atoms with Crippen molar-refractivity contribution in [1.82, 2.24) is 15.0 Å². The van der Waals surface area contributed by atoms with Crippen molar-refractivity contribution in [2.75, 3.05) is 18.5 Å². The SMILES string of the molecule is Cc1cc2c(NCC3CCCO3)nc(-c3ccccc3)nc2[nH]1. The molecule has 118 valence electrons. The van der Waals surface area contributed by atoms with E-state index in [1.165, 1.54) is 0 Å². The molecule has 1 fully saturated rings. The third-order valence-electron chi connectivity index (χ3n) is 4.18. The van der Waals surface area contributed by atoms with E-state index >= 15 is 0 Å². The Morgan fingerprint density at radius 1 is 1.26 bits per heavy atom. The van der Waals surface area contributed by atoms with Gasteiger partial charge in [-0.3, -0.25) is 0 Å². The number of ether oxygens (including phenoxy) is 1.